The first-order valence-electron chi connectivity index (χ1n) is 7.64. The van der Waals surface area contributed by atoms with E-state index in [2.05, 4.69) is 0 Å². The SMILES string of the molecule is CCCS(=O)(=O)N1CCCC(C(=O)c2ccc(OC)cc2)C1. The maximum atomic E-state index is 12.6. The number of carbonyl (C=O) groups excluding carboxylic acids is 1. The average Bonchev–Trinajstić information content (AvgIpc) is 2.54. The lowest BCUT2D eigenvalue weighted by Crippen LogP contribution is -2.43. The van der Waals surface area contributed by atoms with Crippen LogP contribution >= 0.6 is 0 Å². The Morgan fingerprint density at radius 3 is 2.59 bits per heavy atom. The van der Waals surface area contributed by atoms with Crippen molar-refractivity contribution < 1.29 is 17.9 Å². The molecule has 1 heterocycles. The number of methoxy groups -OCH3 is 1. The second kappa shape index (κ2) is 7.24. The number of benzene rings is 1. The van der Waals surface area contributed by atoms with Crippen LogP contribution < -0.4 is 4.74 Å². The van der Waals surface area contributed by atoms with Crippen LogP contribution in [0.4, 0.5) is 0 Å². The molecular formula is C16H23NO4S. The smallest absolute Gasteiger partial charge is 0.214 e. The van der Waals surface area contributed by atoms with Gasteiger partial charge in [0.25, 0.3) is 0 Å². The Morgan fingerprint density at radius 1 is 1.32 bits per heavy atom. The summed E-state index contributed by atoms with van der Waals surface area (Å²) in [6.45, 7) is 2.67. The molecule has 2 rings (SSSR count). The Balaban J connectivity index is 2.09. The third-order valence-electron chi connectivity index (χ3n) is 3.98. The molecule has 6 heteroatoms. The van der Waals surface area contributed by atoms with E-state index in [9.17, 15) is 13.2 Å². The van der Waals surface area contributed by atoms with Crippen LogP contribution in [0.5, 0.6) is 5.75 Å². The summed E-state index contributed by atoms with van der Waals surface area (Å²) in [6.07, 6.45) is 2.06. The number of Topliss-reactive ketones (excluding diaryl/α,β-unsaturated/α-hetero) is 1. The first kappa shape index (κ1) is 17.0. The average molecular weight is 325 g/mol. The van der Waals surface area contributed by atoms with E-state index >= 15 is 0 Å². The Bertz CT molecular complexity index is 610. The van der Waals surface area contributed by atoms with Crippen LogP contribution in [0.15, 0.2) is 24.3 Å². The van der Waals surface area contributed by atoms with Gasteiger partial charge in [-0.3, -0.25) is 4.79 Å². The van der Waals surface area contributed by atoms with Crippen LogP contribution in [0.2, 0.25) is 0 Å². The van der Waals surface area contributed by atoms with E-state index in [-0.39, 0.29) is 17.5 Å². The highest BCUT2D eigenvalue weighted by atomic mass is 32.2. The molecule has 22 heavy (non-hydrogen) atoms. The van der Waals surface area contributed by atoms with Gasteiger partial charge in [-0.25, -0.2) is 12.7 Å². The molecule has 0 amide bonds. The first-order valence-corrected chi connectivity index (χ1v) is 9.25. The number of piperidine rings is 1. The van der Waals surface area contributed by atoms with Crippen molar-refractivity contribution in [3.63, 3.8) is 0 Å². The molecule has 0 saturated carbocycles. The summed E-state index contributed by atoms with van der Waals surface area (Å²) in [5, 5.41) is 0. The molecule has 0 aliphatic carbocycles. The number of sulfonamides is 1. The molecule has 1 aromatic rings. The number of nitrogens with zero attached hydrogens (tertiary/aromatic N) is 1. The first-order chi connectivity index (χ1) is 10.5. The van der Waals surface area contributed by atoms with Gasteiger partial charge in [-0.15, -0.1) is 0 Å². The number of ether oxygens (including phenoxy) is 1. The van der Waals surface area contributed by atoms with Gasteiger partial charge in [0.05, 0.1) is 12.9 Å². The maximum absolute atomic E-state index is 12.6. The van der Waals surface area contributed by atoms with E-state index in [1.54, 1.807) is 31.4 Å². The zero-order valence-corrected chi connectivity index (χ0v) is 13.9. The molecule has 1 saturated heterocycles. The number of ketones is 1. The Kier molecular flexibility index (Phi) is 5.58. The van der Waals surface area contributed by atoms with Crippen LogP contribution in [-0.4, -0.2) is 44.5 Å². The number of hydrogen-bond donors (Lipinski definition) is 0. The lowest BCUT2D eigenvalue weighted by Gasteiger charge is -2.31. The van der Waals surface area contributed by atoms with Crippen molar-refractivity contribution in [1.82, 2.24) is 4.31 Å². The van der Waals surface area contributed by atoms with Crippen molar-refractivity contribution in [2.45, 2.75) is 26.2 Å². The van der Waals surface area contributed by atoms with Crippen LogP contribution in [0, 0.1) is 5.92 Å². The highest BCUT2D eigenvalue weighted by Gasteiger charge is 2.32. The third kappa shape index (κ3) is 3.87. The van der Waals surface area contributed by atoms with E-state index in [0.717, 1.165) is 12.8 Å². The highest BCUT2D eigenvalue weighted by molar-refractivity contribution is 7.89. The van der Waals surface area contributed by atoms with Gasteiger partial charge in [-0.2, -0.15) is 0 Å². The zero-order valence-electron chi connectivity index (χ0n) is 13.1. The molecule has 1 atom stereocenters. The van der Waals surface area contributed by atoms with Crippen molar-refractivity contribution in [3.8, 4) is 5.75 Å². The summed E-state index contributed by atoms with van der Waals surface area (Å²) in [6, 6.07) is 6.98. The third-order valence-corrected chi connectivity index (χ3v) is 6.03. The van der Waals surface area contributed by atoms with Crippen LogP contribution in [0.1, 0.15) is 36.5 Å². The van der Waals surface area contributed by atoms with Gasteiger partial charge < -0.3 is 4.74 Å². The van der Waals surface area contributed by atoms with E-state index in [4.69, 9.17) is 4.74 Å². The van der Waals surface area contributed by atoms with E-state index in [1.807, 2.05) is 6.92 Å². The topological polar surface area (TPSA) is 63.7 Å². The summed E-state index contributed by atoms with van der Waals surface area (Å²) in [5.41, 5.74) is 0.612. The molecule has 0 spiro atoms. The molecule has 1 aliphatic rings. The minimum absolute atomic E-state index is 0.0130. The van der Waals surface area contributed by atoms with Gasteiger partial charge >= 0.3 is 0 Å². The van der Waals surface area contributed by atoms with Crippen molar-refractivity contribution in [2.75, 3.05) is 26.0 Å². The molecule has 1 aromatic carbocycles. The molecule has 1 fully saturated rings. The predicted molar refractivity (Wildman–Crippen MR) is 85.7 cm³/mol. The maximum Gasteiger partial charge on any atom is 0.214 e. The quantitative estimate of drug-likeness (QED) is 0.753. The van der Waals surface area contributed by atoms with Crippen molar-refractivity contribution in [3.05, 3.63) is 29.8 Å². The van der Waals surface area contributed by atoms with Crippen molar-refractivity contribution in [1.29, 1.82) is 0 Å². The van der Waals surface area contributed by atoms with E-state index in [0.29, 0.717) is 30.8 Å². The van der Waals surface area contributed by atoms with Crippen LogP contribution in [0.3, 0.4) is 0 Å². The molecule has 1 unspecified atom stereocenters. The predicted octanol–water partition coefficient (Wildman–Crippen LogP) is 2.33. The van der Waals surface area contributed by atoms with Gasteiger partial charge in [0.15, 0.2) is 5.78 Å². The summed E-state index contributed by atoms with van der Waals surface area (Å²) in [7, 11) is -1.65. The van der Waals surface area contributed by atoms with Crippen LogP contribution in [-0.2, 0) is 10.0 Å². The Labute approximate surface area is 132 Å². The minimum Gasteiger partial charge on any atom is -0.497 e. The van der Waals surface area contributed by atoms with E-state index in [1.165, 1.54) is 4.31 Å². The molecule has 0 bridgehead atoms. The summed E-state index contributed by atoms with van der Waals surface area (Å²) in [5.74, 6) is 0.608. The second-order valence-electron chi connectivity index (χ2n) is 5.61. The largest absolute Gasteiger partial charge is 0.497 e. The molecule has 122 valence electrons. The molecule has 5 nitrogen and oxygen atoms in total. The van der Waals surface area contributed by atoms with Gasteiger partial charge in [-0.1, -0.05) is 6.92 Å². The zero-order chi connectivity index (χ0) is 16.2. The lowest BCUT2D eigenvalue weighted by atomic mass is 9.91. The molecule has 0 N–H and O–H groups in total. The summed E-state index contributed by atoms with van der Waals surface area (Å²) in [4.78, 5) is 12.6. The van der Waals surface area contributed by atoms with Crippen molar-refractivity contribution in [2.24, 2.45) is 5.92 Å². The molecular weight excluding hydrogens is 302 g/mol. The fourth-order valence-corrected chi connectivity index (χ4v) is 4.38. The highest BCUT2D eigenvalue weighted by Crippen LogP contribution is 2.24. The van der Waals surface area contributed by atoms with Crippen LogP contribution in [0.25, 0.3) is 0 Å². The van der Waals surface area contributed by atoms with E-state index < -0.39 is 10.0 Å². The van der Waals surface area contributed by atoms with Gasteiger partial charge in [0.2, 0.25) is 10.0 Å². The lowest BCUT2D eigenvalue weighted by molar-refractivity contribution is 0.0872. The fourth-order valence-electron chi connectivity index (χ4n) is 2.79. The standard InChI is InChI=1S/C16H23NO4S/c1-3-11-22(19,20)17-10-4-5-14(12-17)16(18)13-6-8-15(21-2)9-7-13/h6-9,14H,3-5,10-12H2,1-2H3. The monoisotopic (exact) mass is 325 g/mol. The summed E-state index contributed by atoms with van der Waals surface area (Å²) < 4.78 is 30.9. The normalized spacial score (nSPS) is 19.8. The summed E-state index contributed by atoms with van der Waals surface area (Å²) >= 11 is 0. The number of rotatable bonds is 6. The van der Waals surface area contributed by atoms with Gasteiger partial charge in [-0.05, 0) is 43.5 Å². The minimum atomic E-state index is -3.23. The Morgan fingerprint density at radius 2 is 2.00 bits per heavy atom. The van der Waals surface area contributed by atoms with Gasteiger partial charge in [0.1, 0.15) is 5.75 Å². The molecule has 1 aliphatic heterocycles. The Hall–Kier alpha value is -1.40. The number of hydrogen-bond acceptors (Lipinski definition) is 4. The molecule has 0 radical (unpaired) electrons. The number of carbonyl (C=O) groups is 1. The molecule has 0 aromatic heterocycles. The second-order valence-corrected chi connectivity index (χ2v) is 7.69. The van der Waals surface area contributed by atoms with Gasteiger partial charge in [0, 0.05) is 24.6 Å². The fraction of sp³-hybridized carbons (Fsp3) is 0.562. The van der Waals surface area contributed by atoms with Crippen molar-refractivity contribution >= 4 is 15.8 Å².